The van der Waals surface area contributed by atoms with Gasteiger partial charge in [0.1, 0.15) is 0 Å². The Bertz CT molecular complexity index is 1490. The van der Waals surface area contributed by atoms with Gasteiger partial charge in [-0.2, -0.15) is 0 Å². The molecule has 0 amide bonds. The van der Waals surface area contributed by atoms with Gasteiger partial charge >= 0.3 is 7.48 Å². The molecule has 1 unspecified atom stereocenters. The highest BCUT2D eigenvalue weighted by Crippen LogP contribution is 2.30. The minimum atomic E-state index is -0.938. The zero-order valence-electron chi connectivity index (χ0n) is 20.0. The lowest BCUT2D eigenvalue weighted by molar-refractivity contribution is -0.0534. The monoisotopic (exact) mass is 447 g/mol. The van der Waals surface area contributed by atoms with E-state index in [0.29, 0.717) is 0 Å². The van der Waals surface area contributed by atoms with Crippen molar-refractivity contribution in [3.8, 4) is 11.3 Å². The third-order valence-electron chi connectivity index (χ3n) is 6.31. The predicted octanol–water partition coefficient (Wildman–Crippen LogP) is 5.66. The van der Waals surface area contributed by atoms with Crippen LogP contribution in [0.1, 0.15) is 27.7 Å². The minimum Gasteiger partial charge on any atom is -0.428 e. The molecule has 2 heterocycles. The Labute approximate surface area is 200 Å². The molecule has 5 aromatic rings. The number of benzene rings is 3. The van der Waals surface area contributed by atoms with Crippen LogP contribution in [0.4, 0.5) is 0 Å². The van der Waals surface area contributed by atoms with Crippen LogP contribution in [-0.2, 0) is 4.65 Å². The topological polar surface area (TPSA) is 55.2 Å². The molecule has 3 aromatic carbocycles. The van der Waals surface area contributed by atoms with Crippen LogP contribution in [0.15, 0.2) is 79.0 Å². The third-order valence-corrected chi connectivity index (χ3v) is 6.31. The molecule has 0 aliphatic rings. The molecule has 0 saturated heterocycles. The molecule has 0 bridgehead atoms. The molecule has 0 saturated carbocycles. The first-order valence-corrected chi connectivity index (χ1v) is 11.7. The Kier molecular flexibility index (Phi) is 5.84. The molecule has 4 nitrogen and oxygen atoms in total. The fourth-order valence-corrected chi connectivity index (χ4v) is 4.81. The van der Waals surface area contributed by atoms with E-state index in [4.69, 9.17) is 9.64 Å². The molecule has 1 N–H and O–H groups in total. The highest BCUT2D eigenvalue weighted by Gasteiger charge is 2.30. The van der Waals surface area contributed by atoms with Crippen LogP contribution in [0.2, 0.25) is 0 Å². The van der Waals surface area contributed by atoms with E-state index in [-0.39, 0.29) is 12.0 Å². The van der Waals surface area contributed by atoms with Crippen LogP contribution in [0.25, 0.3) is 43.8 Å². The summed E-state index contributed by atoms with van der Waals surface area (Å²) in [6.07, 6.45) is 1.50. The molecule has 1 atom stereocenters. The zero-order chi connectivity index (χ0) is 23.9. The van der Waals surface area contributed by atoms with Gasteiger partial charge in [0.25, 0.3) is 0 Å². The van der Waals surface area contributed by atoms with Gasteiger partial charge < -0.3 is 9.76 Å². The van der Waals surface area contributed by atoms with E-state index in [2.05, 4.69) is 73.4 Å². The summed E-state index contributed by atoms with van der Waals surface area (Å²) in [5, 5.41) is 14.9. The van der Waals surface area contributed by atoms with Crippen molar-refractivity contribution in [1.29, 1.82) is 0 Å². The van der Waals surface area contributed by atoms with Gasteiger partial charge in [-0.25, -0.2) is 4.98 Å². The van der Waals surface area contributed by atoms with Gasteiger partial charge in [-0.05, 0) is 48.1 Å². The Morgan fingerprint density at radius 3 is 2.26 bits per heavy atom. The molecule has 34 heavy (non-hydrogen) atoms. The van der Waals surface area contributed by atoms with Crippen molar-refractivity contribution in [2.75, 3.05) is 0 Å². The van der Waals surface area contributed by atoms with Crippen LogP contribution >= 0.6 is 0 Å². The summed E-state index contributed by atoms with van der Waals surface area (Å²) in [6.45, 7) is 7.69. The van der Waals surface area contributed by atoms with E-state index in [1.165, 1.54) is 0 Å². The van der Waals surface area contributed by atoms with Gasteiger partial charge in [0, 0.05) is 22.5 Å². The lowest BCUT2D eigenvalue weighted by Gasteiger charge is -2.33. The van der Waals surface area contributed by atoms with Gasteiger partial charge in [-0.3, -0.25) is 4.98 Å². The van der Waals surface area contributed by atoms with E-state index < -0.39 is 5.60 Å². The first kappa shape index (κ1) is 22.5. The van der Waals surface area contributed by atoms with Crippen molar-refractivity contribution < 1.29 is 9.76 Å². The number of hydrogen-bond donors (Lipinski definition) is 1. The maximum atomic E-state index is 10.5. The van der Waals surface area contributed by atoms with Crippen LogP contribution in [0, 0.1) is 5.92 Å². The van der Waals surface area contributed by atoms with E-state index in [9.17, 15) is 5.11 Å². The van der Waals surface area contributed by atoms with E-state index in [0.717, 1.165) is 49.3 Å². The molecule has 2 aromatic heterocycles. The van der Waals surface area contributed by atoms with Gasteiger partial charge in [-0.15, -0.1) is 0 Å². The lowest BCUT2D eigenvalue weighted by atomic mass is 9.80. The number of hydrogen-bond acceptors (Lipinski definition) is 4. The molecule has 1 radical (unpaired) electrons. The summed E-state index contributed by atoms with van der Waals surface area (Å²) in [4.78, 5) is 9.64. The van der Waals surface area contributed by atoms with Gasteiger partial charge in [0.05, 0.1) is 28.4 Å². The number of fused-ring (bicyclic) bond motifs is 4. The molecular formula is C29H28BN2O2. The van der Waals surface area contributed by atoms with Crippen molar-refractivity contribution in [2.45, 2.75) is 39.4 Å². The fourth-order valence-electron chi connectivity index (χ4n) is 4.81. The fraction of sp³-hybridized carbons (Fsp3) is 0.241. The number of nitrogens with zero attached hydrogens (tertiary/aromatic N) is 2. The highest BCUT2D eigenvalue weighted by atomic mass is 16.5. The first-order valence-electron chi connectivity index (χ1n) is 11.7. The second-order valence-electron chi connectivity index (χ2n) is 9.73. The second-order valence-corrected chi connectivity index (χ2v) is 9.73. The average molecular weight is 447 g/mol. The summed E-state index contributed by atoms with van der Waals surface area (Å²) in [6, 6.07) is 24.8. The molecule has 0 aliphatic heterocycles. The Hall–Kier alpha value is -3.28. The first-order chi connectivity index (χ1) is 16.3. The number of pyridine rings is 2. The summed E-state index contributed by atoms with van der Waals surface area (Å²) in [5.74, 6) is 0.173. The summed E-state index contributed by atoms with van der Waals surface area (Å²) in [5.41, 5.74) is 3.82. The normalized spacial score (nSPS) is 13.1. The quantitative estimate of drug-likeness (QED) is 0.270. The largest absolute Gasteiger partial charge is 0.428 e. The van der Waals surface area contributed by atoms with Crippen LogP contribution in [-0.4, -0.2) is 34.3 Å². The van der Waals surface area contributed by atoms with Crippen molar-refractivity contribution in [1.82, 2.24) is 9.97 Å². The molecule has 0 spiro atoms. The van der Waals surface area contributed by atoms with E-state index in [1.54, 1.807) is 21.3 Å². The SMILES string of the molecule is CC(C)C(O[B]c1ccc(-c2ccc3ccc4cccnc4c3n2)c2ccccc12)C(C)(C)O. The predicted molar refractivity (Wildman–Crippen MR) is 141 cm³/mol. The number of aliphatic hydroxyl groups is 1. The van der Waals surface area contributed by atoms with Crippen molar-refractivity contribution in [2.24, 2.45) is 5.92 Å². The Morgan fingerprint density at radius 1 is 0.824 bits per heavy atom. The maximum absolute atomic E-state index is 10.5. The highest BCUT2D eigenvalue weighted by molar-refractivity contribution is 6.51. The molecule has 0 fully saturated rings. The summed E-state index contributed by atoms with van der Waals surface area (Å²) in [7, 11) is 1.78. The van der Waals surface area contributed by atoms with Crippen molar-refractivity contribution in [3.05, 3.63) is 79.0 Å². The summed E-state index contributed by atoms with van der Waals surface area (Å²) < 4.78 is 6.11. The smallest absolute Gasteiger partial charge is 0.331 e. The van der Waals surface area contributed by atoms with E-state index in [1.807, 2.05) is 24.4 Å². The van der Waals surface area contributed by atoms with Gasteiger partial charge in [0.15, 0.2) is 0 Å². The third kappa shape index (κ3) is 4.17. The molecular weight excluding hydrogens is 419 g/mol. The van der Waals surface area contributed by atoms with Crippen LogP contribution < -0.4 is 5.46 Å². The summed E-state index contributed by atoms with van der Waals surface area (Å²) >= 11 is 0. The number of rotatable bonds is 6. The zero-order valence-corrected chi connectivity index (χ0v) is 20.0. The molecule has 5 heteroatoms. The average Bonchev–Trinajstić information content (AvgIpc) is 2.82. The standard InChI is InChI=1S/C29H28BN2O2/c1-18(2)28(29(3,4)33)34-30-24-15-14-23(21-9-5-6-10-22(21)24)25-16-13-20-12-11-19-8-7-17-31-26(19)27(20)32-25/h5-18,28,33H,1-4H3. The molecule has 5 rings (SSSR count). The second kappa shape index (κ2) is 8.82. The van der Waals surface area contributed by atoms with Gasteiger partial charge in [0.2, 0.25) is 0 Å². The lowest BCUT2D eigenvalue weighted by Crippen LogP contribution is -2.44. The van der Waals surface area contributed by atoms with Gasteiger partial charge in [-0.1, -0.05) is 74.5 Å². The Morgan fingerprint density at radius 2 is 1.53 bits per heavy atom. The Balaban J connectivity index is 1.58. The van der Waals surface area contributed by atoms with Crippen LogP contribution in [0.5, 0.6) is 0 Å². The molecule has 169 valence electrons. The van der Waals surface area contributed by atoms with Crippen molar-refractivity contribution in [3.63, 3.8) is 0 Å². The maximum Gasteiger partial charge on any atom is 0.331 e. The number of aromatic nitrogens is 2. The molecule has 0 aliphatic carbocycles. The minimum absolute atomic E-state index is 0.173. The van der Waals surface area contributed by atoms with Crippen molar-refractivity contribution >= 4 is 45.5 Å². The van der Waals surface area contributed by atoms with E-state index >= 15 is 0 Å². The van der Waals surface area contributed by atoms with Crippen LogP contribution in [0.3, 0.4) is 0 Å².